The predicted octanol–water partition coefficient (Wildman–Crippen LogP) is 1.77. The van der Waals surface area contributed by atoms with Crippen molar-refractivity contribution in [2.24, 2.45) is 0 Å². The van der Waals surface area contributed by atoms with Crippen molar-refractivity contribution >= 4 is 10.9 Å². The average Bonchev–Trinajstić information content (AvgIpc) is 2.04. The van der Waals surface area contributed by atoms with Crippen LogP contribution in [0.3, 0.4) is 0 Å². The minimum atomic E-state index is -0.217. The van der Waals surface area contributed by atoms with Crippen LogP contribution in [0, 0.1) is 0 Å². The van der Waals surface area contributed by atoms with Gasteiger partial charge in [0.2, 0.25) is 0 Å². The molecule has 0 atom stereocenters. The van der Waals surface area contributed by atoms with E-state index < -0.39 is 0 Å². The Balaban J connectivity index is 2.83. The standard InChI is InChI=1S/C8H5N2O/c11-8-2-1-6-3-4-9-5-7(6)10-8/h1-5H. The third-order valence-electron chi connectivity index (χ3n) is 1.47. The van der Waals surface area contributed by atoms with Gasteiger partial charge in [-0.3, -0.25) is 10.1 Å². The summed E-state index contributed by atoms with van der Waals surface area (Å²) in [6.45, 7) is 0. The number of pyridine rings is 2. The predicted molar refractivity (Wildman–Crippen MR) is 39.7 cm³/mol. The molecule has 0 aliphatic rings. The summed E-state index contributed by atoms with van der Waals surface area (Å²) in [6.07, 6.45) is 3.26. The van der Waals surface area contributed by atoms with Crippen molar-refractivity contribution in [3.63, 3.8) is 0 Å². The van der Waals surface area contributed by atoms with Crippen LogP contribution >= 0.6 is 0 Å². The van der Waals surface area contributed by atoms with E-state index in [4.69, 9.17) is 0 Å². The van der Waals surface area contributed by atoms with Crippen LogP contribution in [-0.4, -0.2) is 9.97 Å². The summed E-state index contributed by atoms with van der Waals surface area (Å²) in [5.41, 5.74) is 0.653. The SMILES string of the molecule is [O]c1ccc2ccncc2n1. The van der Waals surface area contributed by atoms with Crippen LogP contribution in [-0.2, 0) is 5.11 Å². The van der Waals surface area contributed by atoms with Crippen LogP contribution < -0.4 is 0 Å². The highest BCUT2D eigenvalue weighted by Crippen LogP contribution is 2.13. The molecule has 2 aromatic rings. The zero-order valence-electron chi connectivity index (χ0n) is 5.69. The van der Waals surface area contributed by atoms with Crippen LogP contribution in [0.1, 0.15) is 0 Å². The number of hydrogen-bond acceptors (Lipinski definition) is 2. The summed E-state index contributed by atoms with van der Waals surface area (Å²) in [7, 11) is 0. The lowest BCUT2D eigenvalue weighted by Crippen LogP contribution is -1.78. The van der Waals surface area contributed by atoms with Gasteiger partial charge in [0.15, 0.2) is 0 Å². The first-order valence-corrected chi connectivity index (χ1v) is 3.24. The van der Waals surface area contributed by atoms with Gasteiger partial charge in [-0.15, -0.1) is 0 Å². The van der Waals surface area contributed by atoms with Crippen molar-refractivity contribution in [1.82, 2.24) is 9.97 Å². The Morgan fingerprint density at radius 2 is 2.09 bits per heavy atom. The van der Waals surface area contributed by atoms with Gasteiger partial charge >= 0.3 is 0 Å². The molecule has 0 fully saturated rings. The molecule has 3 heteroatoms. The Bertz CT molecular complexity index is 387. The van der Waals surface area contributed by atoms with Gasteiger partial charge in [0, 0.05) is 17.6 Å². The second-order valence-corrected chi connectivity index (χ2v) is 2.22. The highest BCUT2D eigenvalue weighted by atomic mass is 16.3. The zero-order valence-corrected chi connectivity index (χ0v) is 5.69. The number of nitrogens with zero attached hydrogens (tertiary/aromatic N) is 2. The second-order valence-electron chi connectivity index (χ2n) is 2.22. The molecule has 1 radical (unpaired) electrons. The molecule has 0 aliphatic heterocycles. The van der Waals surface area contributed by atoms with Crippen molar-refractivity contribution in [2.45, 2.75) is 0 Å². The average molecular weight is 145 g/mol. The minimum absolute atomic E-state index is 0.217. The Labute approximate surface area is 63.3 Å². The van der Waals surface area contributed by atoms with E-state index in [9.17, 15) is 5.11 Å². The second kappa shape index (κ2) is 2.20. The van der Waals surface area contributed by atoms with Crippen LogP contribution in [0.25, 0.3) is 10.9 Å². The molecule has 0 saturated carbocycles. The van der Waals surface area contributed by atoms with E-state index in [1.54, 1.807) is 18.5 Å². The summed E-state index contributed by atoms with van der Waals surface area (Å²) in [6, 6.07) is 5.01. The zero-order chi connectivity index (χ0) is 7.68. The van der Waals surface area contributed by atoms with E-state index in [0.717, 1.165) is 5.39 Å². The van der Waals surface area contributed by atoms with Gasteiger partial charge < -0.3 is 0 Å². The fourth-order valence-corrected chi connectivity index (χ4v) is 0.948. The maximum Gasteiger partial charge on any atom is 0.270 e. The van der Waals surface area contributed by atoms with Crippen LogP contribution in [0.5, 0.6) is 5.88 Å². The third kappa shape index (κ3) is 1.00. The molecule has 0 amide bonds. The number of hydrogen-bond donors (Lipinski definition) is 0. The molecule has 11 heavy (non-hydrogen) atoms. The van der Waals surface area contributed by atoms with Crippen molar-refractivity contribution in [1.29, 1.82) is 0 Å². The highest BCUT2D eigenvalue weighted by Gasteiger charge is 1.95. The quantitative estimate of drug-likeness (QED) is 0.567. The molecule has 0 bridgehead atoms. The van der Waals surface area contributed by atoms with Crippen molar-refractivity contribution < 1.29 is 5.11 Å². The molecular weight excluding hydrogens is 140 g/mol. The molecule has 0 unspecified atom stereocenters. The first kappa shape index (κ1) is 6.09. The Hall–Kier alpha value is -1.64. The highest BCUT2D eigenvalue weighted by molar-refractivity contribution is 5.77. The van der Waals surface area contributed by atoms with Gasteiger partial charge in [-0.2, -0.15) is 0 Å². The van der Waals surface area contributed by atoms with Gasteiger partial charge in [0.05, 0.1) is 11.7 Å². The molecule has 2 aromatic heterocycles. The maximum absolute atomic E-state index is 10.7. The number of aromatic nitrogens is 2. The van der Waals surface area contributed by atoms with Gasteiger partial charge in [-0.1, -0.05) is 0 Å². The first-order valence-electron chi connectivity index (χ1n) is 3.24. The Morgan fingerprint density at radius 3 is 3.00 bits per heavy atom. The minimum Gasteiger partial charge on any atom is -0.267 e. The fourth-order valence-electron chi connectivity index (χ4n) is 0.948. The molecule has 0 saturated heterocycles. The summed E-state index contributed by atoms with van der Waals surface area (Å²) < 4.78 is 0. The molecule has 2 rings (SSSR count). The van der Waals surface area contributed by atoms with E-state index in [0.29, 0.717) is 5.52 Å². The van der Waals surface area contributed by atoms with Crippen LogP contribution in [0.4, 0.5) is 0 Å². The number of rotatable bonds is 0. The van der Waals surface area contributed by atoms with E-state index >= 15 is 0 Å². The van der Waals surface area contributed by atoms with Gasteiger partial charge in [0.25, 0.3) is 5.88 Å². The lowest BCUT2D eigenvalue weighted by Gasteiger charge is -1.92. The largest absolute Gasteiger partial charge is 0.270 e. The van der Waals surface area contributed by atoms with Crippen molar-refractivity contribution in [3.8, 4) is 5.88 Å². The summed E-state index contributed by atoms with van der Waals surface area (Å²) in [5, 5.41) is 11.7. The van der Waals surface area contributed by atoms with E-state index in [-0.39, 0.29) is 5.88 Å². The molecule has 0 aromatic carbocycles. The fraction of sp³-hybridized carbons (Fsp3) is 0. The lowest BCUT2D eigenvalue weighted by molar-refractivity contribution is 0.339. The maximum atomic E-state index is 10.7. The van der Waals surface area contributed by atoms with Gasteiger partial charge in [-0.05, 0) is 12.1 Å². The van der Waals surface area contributed by atoms with E-state index in [1.165, 1.54) is 6.07 Å². The van der Waals surface area contributed by atoms with Crippen LogP contribution in [0.2, 0.25) is 0 Å². The first-order chi connectivity index (χ1) is 5.36. The summed E-state index contributed by atoms with van der Waals surface area (Å²) in [4.78, 5) is 7.61. The molecule has 53 valence electrons. The topological polar surface area (TPSA) is 45.7 Å². The monoisotopic (exact) mass is 145 g/mol. The summed E-state index contributed by atoms with van der Waals surface area (Å²) >= 11 is 0. The third-order valence-corrected chi connectivity index (χ3v) is 1.47. The van der Waals surface area contributed by atoms with Crippen molar-refractivity contribution in [2.75, 3.05) is 0 Å². The number of fused-ring (bicyclic) bond motifs is 1. The molecule has 3 nitrogen and oxygen atoms in total. The van der Waals surface area contributed by atoms with E-state index in [2.05, 4.69) is 9.97 Å². The smallest absolute Gasteiger partial charge is 0.267 e. The van der Waals surface area contributed by atoms with E-state index in [1.807, 2.05) is 6.07 Å². The Morgan fingerprint density at radius 1 is 1.18 bits per heavy atom. The lowest BCUT2D eigenvalue weighted by atomic mass is 10.3. The van der Waals surface area contributed by atoms with Gasteiger partial charge in [0.1, 0.15) is 0 Å². The van der Waals surface area contributed by atoms with Crippen molar-refractivity contribution in [3.05, 3.63) is 30.6 Å². The Kier molecular flexibility index (Phi) is 1.22. The molecule has 0 aliphatic carbocycles. The summed E-state index contributed by atoms with van der Waals surface area (Å²) in [5.74, 6) is -0.217. The molecule has 0 N–H and O–H groups in total. The molecule has 0 spiro atoms. The normalized spacial score (nSPS) is 10.2. The van der Waals surface area contributed by atoms with Gasteiger partial charge in [-0.25, -0.2) is 4.98 Å². The molecule has 2 heterocycles. The van der Waals surface area contributed by atoms with Crippen LogP contribution in [0.15, 0.2) is 30.6 Å². The molecular formula is C8H5N2O.